The van der Waals surface area contributed by atoms with Gasteiger partial charge in [-0.15, -0.1) is 0 Å². The molecule has 0 bridgehead atoms. The van der Waals surface area contributed by atoms with Crippen LogP contribution >= 0.6 is 0 Å². The molecule has 0 aliphatic heterocycles. The van der Waals surface area contributed by atoms with Crippen LogP contribution in [0.25, 0.3) is 233 Å². The normalized spacial score (nSPS) is 11.9. The first kappa shape index (κ1) is 66.6. The van der Waals surface area contributed by atoms with E-state index in [0.29, 0.717) is 23.3 Å². The van der Waals surface area contributed by atoms with E-state index in [2.05, 4.69) is 407 Å². The molecule has 6 heterocycles. The van der Waals surface area contributed by atoms with Gasteiger partial charge in [0, 0.05) is 98.6 Å². The van der Waals surface area contributed by atoms with Gasteiger partial charge in [-0.3, -0.25) is 0 Å². The van der Waals surface area contributed by atoms with E-state index >= 15 is 0 Å². The van der Waals surface area contributed by atoms with Gasteiger partial charge in [-0.05, 0) is 147 Å². The van der Waals surface area contributed by atoms with Crippen LogP contribution in [0.1, 0.15) is 0 Å². The van der Waals surface area contributed by atoms with E-state index in [1.165, 1.54) is 48.7 Å². The molecule has 0 saturated carbocycles. The van der Waals surface area contributed by atoms with Crippen LogP contribution in [0.4, 0.5) is 0 Å². The lowest BCUT2D eigenvalue weighted by molar-refractivity contribution is 1.08. The Labute approximate surface area is 677 Å². The lowest BCUT2D eigenvalue weighted by Gasteiger charge is -2.15. The number of hydrogen-bond donors (Lipinski definition) is 0. The van der Waals surface area contributed by atoms with Crippen LogP contribution < -0.4 is 0 Å². The monoisotopic (exact) mass is 1500 g/mol. The van der Waals surface area contributed by atoms with E-state index in [1.807, 2.05) is 18.2 Å². The Kier molecular flexibility index (Phi) is 15.2. The van der Waals surface area contributed by atoms with Crippen LogP contribution in [0, 0.1) is 0 Å². The van der Waals surface area contributed by atoms with E-state index in [4.69, 9.17) is 24.9 Å². The highest BCUT2D eigenvalue weighted by Gasteiger charge is 2.27. The van der Waals surface area contributed by atoms with Crippen molar-refractivity contribution in [2.75, 3.05) is 0 Å². The maximum Gasteiger partial charge on any atom is 0.164 e. The first-order valence-electron chi connectivity index (χ1n) is 40.1. The number of para-hydroxylation sites is 5. The van der Waals surface area contributed by atoms with Crippen molar-refractivity contribution in [3.05, 3.63) is 406 Å². The summed E-state index contributed by atoms with van der Waals surface area (Å²) in [5.41, 5.74) is 25.2. The average Bonchev–Trinajstić information content (AvgIpc) is 1.55. The van der Waals surface area contributed by atoms with E-state index in [-0.39, 0.29) is 0 Å². The molecule has 24 rings (SSSR count). The predicted octanol–water partition coefficient (Wildman–Crippen LogP) is 27.8. The molecular weight excluding hydrogens is 1440 g/mol. The second-order valence-electron chi connectivity index (χ2n) is 30.5. The fourth-order valence-corrected chi connectivity index (χ4v) is 18.8. The molecule has 0 spiro atoms. The van der Waals surface area contributed by atoms with Crippen LogP contribution in [0.3, 0.4) is 0 Å². The Balaban J connectivity index is 0.643. The van der Waals surface area contributed by atoms with Crippen molar-refractivity contribution in [1.82, 2.24) is 43.2 Å². The highest BCUT2D eigenvalue weighted by Crippen LogP contribution is 2.48. The zero-order valence-corrected chi connectivity index (χ0v) is 63.7. The number of hydrogen-bond acceptors (Lipinski definition) is 5. The summed E-state index contributed by atoms with van der Waals surface area (Å²) in [6, 6.07) is 146. The molecule has 0 radical (unpaired) electrons. The van der Waals surface area contributed by atoms with Crippen LogP contribution in [0.2, 0.25) is 0 Å². The third-order valence-electron chi connectivity index (χ3n) is 24.0. The standard InChI is InChI=1S/C109H67N9/c1-5-28-68(29-6-1)78-42-15-16-43-83(78)107-110-90(67-91(111-107)75-57-58-80-73(65-75)35-25-54-92(80)117-95-52-21-18-45-87(95)103-99(117)62-60-97-102(103)86-44-17-20-51-94(86)115(97)76-37-9-3-10-38-76)74-36-23-34-71(64-74)72-56-59-89-101(66-72)116(77-39-11-4-12-40-77)98-61-63-100-104(105(89)98)88-46-19-22-53-96(88)118(100)93-55-27-47-81-82(93)48-26-50-85(81)109-113-106(70-31-7-2-8-32-70)112-108(114-109)84-49-24-33-69-30-13-14-41-79(69)84/h1-67H. The highest BCUT2D eigenvalue weighted by atomic mass is 15.0. The number of fused-ring (bicyclic) bond motifs is 17. The van der Waals surface area contributed by atoms with Crippen molar-refractivity contribution < 1.29 is 0 Å². The summed E-state index contributed by atoms with van der Waals surface area (Å²) < 4.78 is 9.79. The minimum atomic E-state index is 0.608. The summed E-state index contributed by atoms with van der Waals surface area (Å²) in [4.78, 5) is 27.0. The molecule has 0 N–H and O–H groups in total. The summed E-state index contributed by atoms with van der Waals surface area (Å²) in [5, 5.41) is 16.2. The Bertz CT molecular complexity index is 8240. The molecule has 0 saturated heterocycles. The van der Waals surface area contributed by atoms with Gasteiger partial charge < -0.3 is 18.3 Å². The van der Waals surface area contributed by atoms with Gasteiger partial charge in [0.05, 0.1) is 66.9 Å². The number of nitrogens with zero attached hydrogens (tertiary/aromatic N) is 9. The minimum Gasteiger partial charge on any atom is -0.309 e. The van der Waals surface area contributed by atoms with Crippen molar-refractivity contribution in [1.29, 1.82) is 0 Å². The second kappa shape index (κ2) is 26.9. The van der Waals surface area contributed by atoms with E-state index in [0.717, 1.165) is 161 Å². The minimum absolute atomic E-state index is 0.608. The molecule has 0 unspecified atom stereocenters. The Morgan fingerprint density at radius 2 is 0.534 bits per heavy atom. The third-order valence-corrected chi connectivity index (χ3v) is 24.0. The summed E-state index contributed by atoms with van der Waals surface area (Å²) in [6.07, 6.45) is 0. The lowest BCUT2D eigenvalue weighted by atomic mass is 9.97. The average molecular weight is 1500 g/mol. The van der Waals surface area contributed by atoms with Gasteiger partial charge >= 0.3 is 0 Å². The molecule has 6 aromatic heterocycles. The summed E-state index contributed by atoms with van der Waals surface area (Å²) in [6.45, 7) is 0. The van der Waals surface area contributed by atoms with Crippen LogP contribution in [0.15, 0.2) is 406 Å². The van der Waals surface area contributed by atoms with Gasteiger partial charge in [-0.1, -0.05) is 303 Å². The molecule has 9 nitrogen and oxygen atoms in total. The summed E-state index contributed by atoms with van der Waals surface area (Å²) in [5.74, 6) is 2.50. The maximum atomic E-state index is 5.60. The van der Waals surface area contributed by atoms with E-state index in [9.17, 15) is 0 Å². The second-order valence-corrected chi connectivity index (χ2v) is 30.5. The molecule has 0 atom stereocenters. The topological polar surface area (TPSA) is 84.2 Å². The Morgan fingerprint density at radius 1 is 0.161 bits per heavy atom. The lowest BCUT2D eigenvalue weighted by Crippen LogP contribution is -2.01. The molecule has 118 heavy (non-hydrogen) atoms. The van der Waals surface area contributed by atoms with Crippen LogP contribution in [-0.4, -0.2) is 43.2 Å². The quantitative estimate of drug-likeness (QED) is 0.122. The molecule has 548 valence electrons. The van der Waals surface area contributed by atoms with Gasteiger partial charge in [-0.25, -0.2) is 24.9 Å². The highest BCUT2D eigenvalue weighted by molar-refractivity contribution is 6.31. The van der Waals surface area contributed by atoms with Crippen LogP contribution in [0.5, 0.6) is 0 Å². The zero-order valence-electron chi connectivity index (χ0n) is 63.7. The Hall–Kier alpha value is -16.0. The zero-order chi connectivity index (χ0) is 77.5. The molecular formula is C109H67N9. The van der Waals surface area contributed by atoms with E-state index in [1.54, 1.807) is 0 Å². The molecule has 0 fully saturated rings. The third kappa shape index (κ3) is 10.5. The fourth-order valence-electron chi connectivity index (χ4n) is 18.8. The molecule has 24 aromatic rings. The molecule has 9 heteroatoms. The molecule has 0 aliphatic rings. The van der Waals surface area contributed by atoms with Crippen molar-refractivity contribution in [2.24, 2.45) is 0 Å². The predicted molar refractivity (Wildman–Crippen MR) is 489 cm³/mol. The SMILES string of the molecule is c1ccc(-c2nc(-c3cccc4ccccc34)nc(-c3cccc4c(-n5c6ccccc6c6c7c8ccc(-c9cccc(-c%10cc(-c%11ccc%12c(-n%13c%14ccccc%14c%14c%15c%16ccccc%16n(-c%16ccccc%16)c%15ccc%14%13)cccc%12c%11)nc(-c%11ccccc%11-c%11ccccc%11)n%10)c9)cc8n(-c8ccccc8)c7ccc65)cccc34)n2)cc1. The number of rotatable bonds is 12. The van der Waals surface area contributed by atoms with E-state index < -0.39 is 0 Å². The fraction of sp³-hybridized carbons (Fsp3) is 0. The van der Waals surface area contributed by atoms with Crippen molar-refractivity contribution in [3.8, 4) is 113 Å². The first-order valence-corrected chi connectivity index (χ1v) is 40.1. The van der Waals surface area contributed by atoms with Gasteiger partial charge in [0.25, 0.3) is 0 Å². The van der Waals surface area contributed by atoms with Gasteiger partial charge in [0.1, 0.15) is 0 Å². The van der Waals surface area contributed by atoms with Crippen molar-refractivity contribution >= 4 is 120 Å². The largest absolute Gasteiger partial charge is 0.309 e. The molecule has 0 aliphatic carbocycles. The van der Waals surface area contributed by atoms with Gasteiger partial charge in [0.2, 0.25) is 0 Å². The van der Waals surface area contributed by atoms with Crippen LogP contribution in [-0.2, 0) is 0 Å². The first-order chi connectivity index (χ1) is 58.5. The van der Waals surface area contributed by atoms with Crippen molar-refractivity contribution in [2.45, 2.75) is 0 Å². The maximum absolute atomic E-state index is 5.60. The smallest absolute Gasteiger partial charge is 0.164 e. The van der Waals surface area contributed by atoms with Gasteiger partial charge in [0.15, 0.2) is 23.3 Å². The number of benzene rings is 18. The van der Waals surface area contributed by atoms with Gasteiger partial charge in [-0.2, -0.15) is 0 Å². The summed E-state index contributed by atoms with van der Waals surface area (Å²) in [7, 11) is 0. The Morgan fingerprint density at radius 3 is 1.17 bits per heavy atom. The molecule has 18 aromatic carbocycles. The summed E-state index contributed by atoms with van der Waals surface area (Å²) >= 11 is 0. The molecule has 0 amide bonds. The van der Waals surface area contributed by atoms with Crippen molar-refractivity contribution in [3.63, 3.8) is 0 Å². The number of aromatic nitrogens is 9.